The molecule has 2 N–H and O–H groups in total. The summed E-state index contributed by atoms with van der Waals surface area (Å²) in [7, 11) is 2.11. The molecule has 6 nitrogen and oxygen atoms in total. The van der Waals surface area contributed by atoms with E-state index in [1.807, 2.05) is 12.1 Å². The number of rotatable bonds is 8. The average molecular weight is 448 g/mol. The van der Waals surface area contributed by atoms with Gasteiger partial charge in [0.2, 0.25) is 6.79 Å². The lowest BCUT2D eigenvalue weighted by molar-refractivity contribution is 0.174. The lowest BCUT2D eigenvalue weighted by atomic mass is 10.1. The Labute approximate surface area is 162 Å². The van der Waals surface area contributed by atoms with Gasteiger partial charge in [-0.3, -0.25) is 4.99 Å². The van der Waals surface area contributed by atoms with Gasteiger partial charge >= 0.3 is 0 Å². The Bertz CT molecular complexity index is 525. The minimum atomic E-state index is 0. The summed E-state index contributed by atoms with van der Waals surface area (Å²) in [5, 5.41) is 6.65. The van der Waals surface area contributed by atoms with Crippen LogP contribution < -0.4 is 20.1 Å². The Morgan fingerprint density at radius 3 is 2.75 bits per heavy atom. The maximum atomic E-state index is 5.41. The highest BCUT2D eigenvalue weighted by atomic mass is 127. The van der Waals surface area contributed by atoms with E-state index in [-0.39, 0.29) is 24.0 Å². The number of guanidine groups is 1. The fraction of sp³-hybridized carbons (Fsp3) is 0.588. The molecule has 0 saturated heterocycles. The van der Waals surface area contributed by atoms with Crippen molar-refractivity contribution in [3.05, 3.63) is 23.8 Å². The van der Waals surface area contributed by atoms with Crippen LogP contribution in [0.3, 0.4) is 0 Å². The highest BCUT2D eigenvalue weighted by Crippen LogP contribution is 2.32. The van der Waals surface area contributed by atoms with Crippen molar-refractivity contribution >= 4 is 29.9 Å². The number of likely N-dealkylation sites (N-methyl/N-ethyl adjacent to an activating group) is 1. The van der Waals surface area contributed by atoms with E-state index in [4.69, 9.17) is 9.47 Å². The van der Waals surface area contributed by atoms with Crippen LogP contribution in [0, 0.1) is 0 Å². The summed E-state index contributed by atoms with van der Waals surface area (Å²) in [4.78, 5) is 6.85. The second-order valence-corrected chi connectivity index (χ2v) is 5.52. The molecule has 0 radical (unpaired) electrons. The summed E-state index contributed by atoms with van der Waals surface area (Å²) in [6.07, 6.45) is 0.913. The van der Waals surface area contributed by atoms with Crippen LogP contribution in [0.2, 0.25) is 0 Å². The molecule has 0 aliphatic carbocycles. The Hall–Kier alpha value is -1.22. The van der Waals surface area contributed by atoms with Crippen molar-refractivity contribution < 1.29 is 9.47 Å². The average Bonchev–Trinajstić information content (AvgIpc) is 3.02. The quantitative estimate of drug-likeness (QED) is 0.363. The van der Waals surface area contributed by atoms with Gasteiger partial charge in [-0.1, -0.05) is 13.0 Å². The summed E-state index contributed by atoms with van der Waals surface area (Å²) < 4.78 is 10.7. The minimum Gasteiger partial charge on any atom is -0.454 e. The minimum absolute atomic E-state index is 0. The number of nitrogens with one attached hydrogen (secondary N) is 2. The molecule has 0 fully saturated rings. The van der Waals surface area contributed by atoms with Crippen molar-refractivity contribution in [2.24, 2.45) is 4.99 Å². The zero-order chi connectivity index (χ0) is 16.5. The first-order valence-electron chi connectivity index (χ1n) is 8.32. The van der Waals surface area contributed by atoms with Gasteiger partial charge in [-0.05, 0) is 44.6 Å². The monoisotopic (exact) mass is 448 g/mol. The zero-order valence-corrected chi connectivity index (χ0v) is 17.1. The van der Waals surface area contributed by atoms with Gasteiger partial charge in [-0.25, -0.2) is 0 Å². The molecule has 1 aromatic rings. The molecule has 2 rings (SSSR count). The van der Waals surface area contributed by atoms with Gasteiger partial charge in [-0.15, -0.1) is 24.0 Å². The van der Waals surface area contributed by atoms with Crippen LogP contribution in [0.4, 0.5) is 0 Å². The normalized spacial score (nSPS) is 12.9. The van der Waals surface area contributed by atoms with Crippen LogP contribution in [-0.2, 0) is 6.42 Å². The summed E-state index contributed by atoms with van der Waals surface area (Å²) in [6, 6.07) is 6.09. The summed E-state index contributed by atoms with van der Waals surface area (Å²) >= 11 is 0. The Kier molecular flexibility index (Phi) is 9.85. The molecule has 1 aromatic carbocycles. The van der Waals surface area contributed by atoms with Crippen molar-refractivity contribution in [2.75, 3.05) is 46.6 Å². The van der Waals surface area contributed by atoms with Crippen LogP contribution in [0.5, 0.6) is 11.5 Å². The third-order valence-electron chi connectivity index (χ3n) is 3.78. The number of nitrogens with zero attached hydrogens (tertiary/aromatic N) is 2. The summed E-state index contributed by atoms with van der Waals surface area (Å²) in [5.41, 5.74) is 1.23. The maximum Gasteiger partial charge on any atom is 0.231 e. The number of hydrogen-bond donors (Lipinski definition) is 2. The molecular formula is C17H29IN4O2. The SMILES string of the molecule is CCNC(=NCCN(C)CC)NCCc1ccc2c(c1)OCO2.I. The number of benzene rings is 1. The molecule has 1 heterocycles. The summed E-state index contributed by atoms with van der Waals surface area (Å²) in [6.45, 7) is 9.04. The van der Waals surface area contributed by atoms with Crippen LogP contribution in [0.1, 0.15) is 19.4 Å². The predicted octanol–water partition coefficient (Wildman–Crippen LogP) is 2.08. The second-order valence-electron chi connectivity index (χ2n) is 5.52. The van der Waals surface area contributed by atoms with E-state index in [1.165, 1.54) is 5.56 Å². The maximum absolute atomic E-state index is 5.41. The van der Waals surface area contributed by atoms with E-state index in [0.717, 1.165) is 56.6 Å². The molecule has 0 aromatic heterocycles. The van der Waals surface area contributed by atoms with E-state index in [9.17, 15) is 0 Å². The molecule has 0 unspecified atom stereocenters. The molecule has 0 atom stereocenters. The number of hydrogen-bond acceptors (Lipinski definition) is 4. The molecule has 1 aliphatic heterocycles. The van der Waals surface area contributed by atoms with Gasteiger partial charge in [0, 0.05) is 19.6 Å². The molecule has 7 heteroatoms. The molecular weight excluding hydrogens is 419 g/mol. The molecule has 136 valence electrons. The third kappa shape index (κ3) is 6.72. The third-order valence-corrected chi connectivity index (χ3v) is 3.78. The molecule has 1 aliphatic rings. The van der Waals surface area contributed by atoms with Crippen molar-refractivity contribution in [3.8, 4) is 11.5 Å². The van der Waals surface area contributed by atoms with Gasteiger partial charge in [0.05, 0.1) is 6.54 Å². The predicted molar refractivity (Wildman–Crippen MR) is 109 cm³/mol. The highest BCUT2D eigenvalue weighted by Gasteiger charge is 2.12. The molecule has 0 spiro atoms. The Morgan fingerprint density at radius 1 is 1.21 bits per heavy atom. The first-order chi connectivity index (χ1) is 11.2. The number of aliphatic imine (C=N–C) groups is 1. The number of ether oxygens (including phenoxy) is 2. The zero-order valence-electron chi connectivity index (χ0n) is 14.8. The topological polar surface area (TPSA) is 58.1 Å². The van der Waals surface area contributed by atoms with Gasteiger partial charge in [-0.2, -0.15) is 0 Å². The van der Waals surface area contributed by atoms with Crippen LogP contribution >= 0.6 is 24.0 Å². The van der Waals surface area contributed by atoms with Crippen LogP contribution in [-0.4, -0.2) is 57.4 Å². The molecule has 0 amide bonds. The smallest absolute Gasteiger partial charge is 0.231 e. The number of halogens is 1. The van der Waals surface area contributed by atoms with E-state index in [2.05, 4.69) is 47.5 Å². The lowest BCUT2D eigenvalue weighted by Gasteiger charge is -2.14. The van der Waals surface area contributed by atoms with Gasteiger partial charge in [0.1, 0.15) is 0 Å². The number of fused-ring (bicyclic) bond motifs is 1. The van der Waals surface area contributed by atoms with Crippen LogP contribution in [0.15, 0.2) is 23.2 Å². The van der Waals surface area contributed by atoms with Crippen molar-refractivity contribution in [1.29, 1.82) is 0 Å². The molecule has 0 bridgehead atoms. The van der Waals surface area contributed by atoms with Gasteiger partial charge in [0.25, 0.3) is 0 Å². The fourth-order valence-electron chi connectivity index (χ4n) is 2.25. The van der Waals surface area contributed by atoms with Crippen molar-refractivity contribution in [2.45, 2.75) is 20.3 Å². The van der Waals surface area contributed by atoms with Gasteiger partial charge < -0.3 is 25.0 Å². The fourth-order valence-corrected chi connectivity index (χ4v) is 2.25. The lowest BCUT2D eigenvalue weighted by Crippen LogP contribution is -2.38. The van der Waals surface area contributed by atoms with E-state index in [0.29, 0.717) is 6.79 Å². The Balaban J connectivity index is 0.00000288. The van der Waals surface area contributed by atoms with Crippen LogP contribution in [0.25, 0.3) is 0 Å². The highest BCUT2D eigenvalue weighted by molar-refractivity contribution is 14.0. The largest absolute Gasteiger partial charge is 0.454 e. The Morgan fingerprint density at radius 2 is 2.00 bits per heavy atom. The van der Waals surface area contributed by atoms with Crippen molar-refractivity contribution in [3.63, 3.8) is 0 Å². The first-order valence-corrected chi connectivity index (χ1v) is 8.32. The van der Waals surface area contributed by atoms with E-state index in [1.54, 1.807) is 0 Å². The standard InChI is InChI=1S/C17H28N4O2.HI/c1-4-18-17(20-10-11-21(3)5-2)19-9-8-14-6-7-15-16(12-14)23-13-22-15;/h6-7,12H,4-5,8-11,13H2,1-3H3,(H2,18,19,20);1H. The van der Waals surface area contributed by atoms with E-state index < -0.39 is 0 Å². The first kappa shape index (κ1) is 20.8. The molecule has 24 heavy (non-hydrogen) atoms. The van der Waals surface area contributed by atoms with E-state index >= 15 is 0 Å². The van der Waals surface area contributed by atoms with Gasteiger partial charge in [0.15, 0.2) is 17.5 Å². The summed E-state index contributed by atoms with van der Waals surface area (Å²) in [5.74, 6) is 2.54. The second kappa shape index (κ2) is 11.4. The van der Waals surface area contributed by atoms with Crippen molar-refractivity contribution in [1.82, 2.24) is 15.5 Å². The molecule has 0 saturated carbocycles.